The van der Waals surface area contributed by atoms with E-state index >= 15 is 0 Å². The molecule has 1 fully saturated rings. The summed E-state index contributed by atoms with van der Waals surface area (Å²) in [5.41, 5.74) is 6.63. The Morgan fingerprint density at radius 3 is 2.81 bits per heavy atom. The predicted octanol–water partition coefficient (Wildman–Crippen LogP) is 1.98. The first-order valence-electron chi connectivity index (χ1n) is 5.63. The second kappa shape index (κ2) is 4.70. The zero-order valence-electron chi connectivity index (χ0n) is 9.12. The molecule has 2 rings (SSSR count). The summed E-state index contributed by atoms with van der Waals surface area (Å²) in [5.74, 6) is -0.0704. The molecule has 4 heteroatoms. The Hall–Kier alpha value is -1.29. The largest absolute Gasteiger partial charge is 0.399 e. The molecule has 1 aliphatic rings. The van der Waals surface area contributed by atoms with Gasteiger partial charge in [-0.15, -0.1) is 0 Å². The minimum absolute atomic E-state index is 0.224. The highest BCUT2D eigenvalue weighted by molar-refractivity contribution is 5.54. The van der Waals surface area contributed by atoms with Gasteiger partial charge in [0.05, 0.1) is 6.10 Å². The summed E-state index contributed by atoms with van der Waals surface area (Å²) in [4.78, 5) is 0. The fourth-order valence-electron chi connectivity index (χ4n) is 2.22. The molecule has 1 aromatic carbocycles. The lowest BCUT2D eigenvalue weighted by atomic mass is 10.1. The fraction of sp³-hybridized carbons (Fsp3) is 0.500. The minimum Gasteiger partial charge on any atom is -0.399 e. The average molecular weight is 224 g/mol. The van der Waals surface area contributed by atoms with Gasteiger partial charge in [0, 0.05) is 23.8 Å². The van der Waals surface area contributed by atoms with Crippen molar-refractivity contribution in [2.75, 3.05) is 17.6 Å². The highest BCUT2D eigenvalue weighted by atomic mass is 19.1. The predicted molar refractivity (Wildman–Crippen MR) is 62.6 cm³/mol. The second-order valence-electron chi connectivity index (χ2n) is 4.41. The quantitative estimate of drug-likeness (QED) is 0.688. The van der Waals surface area contributed by atoms with E-state index in [1.54, 1.807) is 6.07 Å². The van der Waals surface area contributed by atoms with Crippen LogP contribution >= 0.6 is 0 Å². The van der Waals surface area contributed by atoms with E-state index in [1.807, 2.05) is 0 Å². The van der Waals surface area contributed by atoms with E-state index in [9.17, 15) is 9.50 Å². The van der Waals surface area contributed by atoms with Crippen molar-refractivity contribution in [1.82, 2.24) is 0 Å². The first kappa shape index (κ1) is 11.2. The number of aliphatic hydroxyl groups excluding tert-OH is 1. The van der Waals surface area contributed by atoms with Crippen LogP contribution < -0.4 is 11.1 Å². The number of nitrogens with one attached hydrogen (secondary N) is 1. The molecule has 0 aliphatic heterocycles. The van der Waals surface area contributed by atoms with Crippen LogP contribution in [0, 0.1) is 11.7 Å². The van der Waals surface area contributed by atoms with E-state index in [4.69, 9.17) is 5.73 Å². The lowest BCUT2D eigenvalue weighted by molar-refractivity contribution is 0.138. The number of hydrogen-bond donors (Lipinski definition) is 3. The summed E-state index contributed by atoms with van der Waals surface area (Å²) in [6.07, 6.45) is 2.74. The maximum atomic E-state index is 13.0. The fourth-order valence-corrected chi connectivity index (χ4v) is 2.22. The highest BCUT2D eigenvalue weighted by Crippen LogP contribution is 2.26. The molecular weight excluding hydrogens is 207 g/mol. The molecule has 0 heterocycles. The Labute approximate surface area is 94.5 Å². The molecule has 0 bridgehead atoms. The van der Waals surface area contributed by atoms with Crippen molar-refractivity contribution in [3.63, 3.8) is 0 Å². The number of rotatable bonds is 3. The Kier molecular flexibility index (Phi) is 3.29. The smallest absolute Gasteiger partial charge is 0.127 e. The number of nitrogen functional groups attached to an aromatic ring is 1. The number of hydrogen-bond acceptors (Lipinski definition) is 3. The van der Waals surface area contributed by atoms with Crippen LogP contribution in [0.4, 0.5) is 15.8 Å². The maximum absolute atomic E-state index is 13.0. The Balaban J connectivity index is 1.94. The first-order chi connectivity index (χ1) is 7.65. The van der Waals surface area contributed by atoms with Crippen molar-refractivity contribution in [2.24, 2.45) is 5.92 Å². The Morgan fingerprint density at radius 2 is 2.19 bits per heavy atom. The lowest BCUT2D eigenvalue weighted by Gasteiger charge is -2.16. The summed E-state index contributed by atoms with van der Waals surface area (Å²) < 4.78 is 13.0. The number of nitrogens with two attached hydrogens (primary N) is 1. The summed E-state index contributed by atoms with van der Waals surface area (Å²) in [6.45, 7) is 0.671. The third-order valence-corrected chi connectivity index (χ3v) is 3.11. The van der Waals surface area contributed by atoms with E-state index in [2.05, 4.69) is 5.32 Å². The van der Waals surface area contributed by atoms with Crippen LogP contribution in [0.5, 0.6) is 0 Å². The molecule has 0 saturated heterocycles. The van der Waals surface area contributed by atoms with Gasteiger partial charge in [-0.25, -0.2) is 4.39 Å². The van der Waals surface area contributed by atoms with Gasteiger partial charge in [-0.05, 0) is 31.0 Å². The average Bonchev–Trinajstić information content (AvgIpc) is 2.59. The van der Waals surface area contributed by atoms with Crippen LogP contribution in [-0.4, -0.2) is 17.8 Å². The number of aliphatic hydroxyl groups is 1. The Bertz CT molecular complexity index is 350. The van der Waals surface area contributed by atoms with E-state index < -0.39 is 0 Å². The van der Waals surface area contributed by atoms with Crippen LogP contribution in [0.2, 0.25) is 0 Å². The van der Waals surface area contributed by atoms with Crippen molar-refractivity contribution >= 4 is 11.4 Å². The van der Waals surface area contributed by atoms with E-state index in [0.717, 1.165) is 19.3 Å². The number of halogens is 1. The number of anilines is 2. The van der Waals surface area contributed by atoms with Crippen LogP contribution in [-0.2, 0) is 0 Å². The molecule has 1 aromatic rings. The van der Waals surface area contributed by atoms with Gasteiger partial charge in [0.2, 0.25) is 0 Å². The molecule has 4 N–H and O–H groups in total. The third kappa shape index (κ3) is 2.64. The van der Waals surface area contributed by atoms with Gasteiger partial charge >= 0.3 is 0 Å². The van der Waals surface area contributed by atoms with E-state index in [0.29, 0.717) is 17.9 Å². The van der Waals surface area contributed by atoms with Crippen molar-refractivity contribution in [2.45, 2.75) is 25.4 Å². The SMILES string of the molecule is Nc1cc(F)cc(NCC2CCCC2O)c1. The number of benzene rings is 1. The van der Waals surface area contributed by atoms with Gasteiger partial charge in [0.25, 0.3) is 0 Å². The third-order valence-electron chi connectivity index (χ3n) is 3.11. The molecule has 2 atom stereocenters. The molecule has 0 spiro atoms. The van der Waals surface area contributed by atoms with Gasteiger partial charge in [-0.1, -0.05) is 6.42 Å². The van der Waals surface area contributed by atoms with Crippen LogP contribution in [0.3, 0.4) is 0 Å². The van der Waals surface area contributed by atoms with Gasteiger partial charge in [-0.3, -0.25) is 0 Å². The zero-order chi connectivity index (χ0) is 11.5. The standard InChI is InChI=1S/C12H17FN2O/c13-9-4-10(14)6-11(5-9)15-7-8-2-1-3-12(8)16/h4-6,8,12,15-16H,1-3,7,14H2. The highest BCUT2D eigenvalue weighted by Gasteiger charge is 2.24. The molecule has 0 amide bonds. The van der Waals surface area contributed by atoms with E-state index in [1.165, 1.54) is 12.1 Å². The molecule has 16 heavy (non-hydrogen) atoms. The lowest BCUT2D eigenvalue weighted by Crippen LogP contribution is -2.21. The summed E-state index contributed by atoms with van der Waals surface area (Å²) in [5, 5.41) is 12.8. The molecule has 0 aromatic heterocycles. The molecule has 1 aliphatic carbocycles. The minimum atomic E-state index is -0.338. The van der Waals surface area contributed by atoms with E-state index in [-0.39, 0.29) is 17.8 Å². The first-order valence-corrected chi connectivity index (χ1v) is 5.63. The normalized spacial score (nSPS) is 24.6. The van der Waals surface area contributed by atoms with Crippen LogP contribution in [0.15, 0.2) is 18.2 Å². The van der Waals surface area contributed by atoms with Gasteiger partial charge < -0.3 is 16.2 Å². The van der Waals surface area contributed by atoms with Crippen molar-refractivity contribution in [3.05, 3.63) is 24.0 Å². The van der Waals surface area contributed by atoms with Crippen molar-refractivity contribution in [1.29, 1.82) is 0 Å². The monoisotopic (exact) mass is 224 g/mol. The summed E-state index contributed by atoms with van der Waals surface area (Å²) in [7, 11) is 0. The van der Waals surface area contributed by atoms with Crippen molar-refractivity contribution in [3.8, 4) is 0 Å². The molecule has 2 unspecified atom stereocenters. The van der Waals surface area contributed by atoms with Crippen LogP contribution in [0.25, 0.3) is 0 Å². The summed E-state index contributed by atoms with van der Waals surface area (Å²) in [6, 6.07) is 4.40. The van der Waals surface area contributed by atoms with Gasteiger partial charge in [0.15, 0.2) is 0 Å². The topological polar surface area (TPSA) is 58.3 Å². The molecule has 1 saturated carbocycles. The maximum Gasteiger partial charge on any atom is 0.127 e. The summed E-state index contributed by atoms with van der Waals surface area (Å²) >= 11 is 0. The molecule has 0 radical (unpaired) electrons. The zero-order valence-corrected chi connectivity index (χ0v) is 9.12. The van der Waals surface area contributed by atoms with Crippen molar-refractivity contribution < 1.29 is 9.50 Å². The Morgan fingerprint density at radius 1 is 1.38 bits per heavy atom. The molecule has 3 nitrogen and oxygen atoms in total. The second-order valence-corrected chi connectivity index (χ2v) is 4.41. The van der Waals surface area contributed by atoms with Gasteiger partial charge in [0.1, 0.15) is 5.82 Å². The van der Waals surface area contributed by atoms with Crippen LogP contribution in [0.1, 0.15) is 19.3 Å². The van der Waals surface area contributed by atoms with Gasteiger partial charge in [-0.2, -0.15) is 0 Å². The molecule has 88 valence electrons. The molecular formula is C12H17FN2O.